The van der Waals surface area contributed by atoms with Crippen molar-refractivity contribution in [2.75, 3.05) is 0 Å². The molecule has 0 aromatic carbocycles. The van der Waals surface area contributed by atoms with Crippen LogP contribution in [0.15, 0.2) is 12.2 Å². The fourth-order valence-corrected chi connectivity index (χ4v) is 1.72. The van der Waals surface area contributed by atoms with E-state index in [-0.39, 0.29) is 77.9 Å². The normalized spacial score (nSPS) is 29.1. The molecule has 0 aromatic rings. The summed E-state index contributed by atoms with van der Waals surface area (Å²) in [6, 6.07) is 0. The van der Waals surface area contributed by atoms with Crippen molar-refractivity contribution in [3.05, 3.63) is 12.2 Å². The van der Waals surface area contributed by atoms with Crippen molar-refractivity contribution in [1.29, 1.82) is 0 Å². The van der Waals surface area contributed by atoms with Crippen LogP contribution < -0.4 is 0 Å². The molecule has 46 valence electrons. The van der Waals surface area contributed by atoms with Gasteiger partial charge in [0, 0.05) is 77.9 Å². The molecular formula is C7H10Zn4. The largest absolute Gasteiger partial charge is 0.0851 e. The van der Waals surface area contributed by atoms with Gasteiger partial charge in [0.1, 0.15) is 0 Å². The van der Waals surface area contributed by atoms with Crippen LogP contribution in [0.1, 0.15) is 19.3 Å². The van der Waals surface area contributed by atoms with Crippen molar-refractivity contribution in [2.45, 2.75) is 19.3 Å². The first-order valence-electron chi connectivity index (χ1n) is 3.13. The molecule has 0 aromatic heterocycles. The second kappa shape index (κ2) is 8.82. The van der Waals surface area contributed by atoms with E-state index < -0.39 is 0 Å². The van der Waals surface area contributed by atoms with Gasteiger partial charge in [-0.2, -0.15) is 0 Å². The summed E-state index contributed by atoms with van der Waals surface area (Å²) in [5.41, 5.74) is 0. The molecule has 1 fully saturated rings. The average molecular weight is 356 g/mol. The predicted molar refractivity (Wildman–Crippen MR) is 30.0 cm³/mol. The van der Waals surface area contributed by atoms with Gasteiger partial charge in [-0.3, -0.25) is 0 Å². The molecule has 0 radical (unpaired) electrons. The Balaban J connectivity index is -0.000000160. The van der Waals surface area contributed by atoms with Gasteiger partial charge in [0.15, 0.2) is 0 Å². The van der Waals surface area contributed by atoms with Crippen molar-refractivity contribution < 1.29 is 77.9 Å². The zero-order valence-corrected chi connectivity index (χ0v) is 19.1. The van der Waals surface area contributed by atoms with Crippen molar-refractivity contribution in [2.24, 2.45) is 11.8 Å². The van der Waals surface area contributed by atoms with Gasteiger partial charge in [-0.05, 0) is 31.1 Å². The fraction of sp³-hybridized carbons (Fsp3) is 0.714. The van der Waals surface area contributed by atoms with E-state index in [1.165, 1.54) is 19.3 Å². The zero-order valence-electron chi connectivity index (χ0n) is 7.26. The van der Waals surface area contributed by atoms with Gasteiger partial charge in [0.2, 0.25) is 0 Å². The molecule has 0 heterocycles. The Morgan fingerprint density at radius 2 is 1.09 bits per heavy atom. The Morgan fingerprint density at radius 1 is 0.727 bits per heavy atom. The van der Waals surface area contributed by atoms with Gasteiger partial charge in [0.25, 0.3) is 0 Å². The quantitative estimate of drug-likeness (QED) is 0.460. The number of hydrogen-bond acceptors (Lipinski definition) is 0. The second-order valence-corrected chi connectivity index (χ2v) is 2.72. The number of hydrogen-bond donors (Lipinski definition) is 0. The van der Waals surface area contributed by atoms with Crippen LogP contribution in [0.25, 0.3) is 0 Å². The van der Waals surface area contributed by atoms with E-state index in [1.807, 2.05) is 0 Å². The summed E-state index contributed by atoms with van der Waals surface area (Å²) in [5, 5.41) is 0. The molecule has 0 nitrogen and oxygen atoms in total. The maximum atomic E-state index is 2.38. The Kier molecular flexibility index (Phi) is 15.2. The Hall–Kier alpha value is 2.23. The maximum Gasteiger partial charge on any atom is 0 e. The molecule has 0 saturated heterocycles. The molecule has 1 saturated carbocycles. The SMILES string of the molecule is C1=CC2CCC1C2.[Zn].[Zn].[Zn].[Zn]. The van der Waals surface area contributed by atoms with E-state index in [1.54, 1.807) is 0 Å². The molecule has 4 heteroatoms. The Bertz CT molecular complexity index is 101. The number of allylic oxidation sites excluding steroid dienone is 2. The molecule has 2 unspecified atom stereocenters. The Morgan fingerprint density at radius 3 is 1.18 bits per heavy atom. The van der Waals surface area contributed by atoms with Crippen LogP contribution in [-0.2, 0) is 77.9 Å². The molecule has 2 atom stereocenters. The van der Waals surface area contributed by atoms with Crippen LogP contribution in [0, 0.1) is 11.8 Å². The second-order valence-electron chi connectivity index (χ2n) is 2.72. The van der Waals surface area contributed by atoms with E-state index in [9.17, 15) is 0 Å². The summed E-state index contributed by atoms with van der Waals surface area (Å²) in [6.07, 6.45) is 9.19. The minimum atomic E-state index is 0. The van der Waals surface area contributed by atoms with Crippen molar-refractivity contribution >= 4 is 0 Å². The summed E-state index contributed by atoms with van der Waals surface area (Å²) in [4.78, 5) is 0. The van der Waals surface area contributed by atoms with E-state index in [4.69, 9.17) is 0 Å². The molecule has 0 spiro atoms. The van der Waals surface area contributed by atoms with E-state index in [0.29, 0.717) is 0 Å². The molecule has 11 heavy (non-hydrogen) atoms. The third-order valence-corrected chi connectivity index (χ3v) is 2.17. The molecular weight excluding hydrogens is 346 g/mol. The molecule has 0 amide bonds. The van der Waals surface area contributed by atoms with Crippen LogP contribution in [0.3, 0.4) is 0 Å². The summed E-state index contributed by atoms with van der Waals surface area (Å²) >= 11 is 0. The Labute approximate surface area is 120 Å². The summed E-state index contributed by atoms with van der Waals surface area (Å²) in [7, 11) is 0. The van der Waals surface area contributed by atoms with Crippen molar-refractivity contribution in [3.8, 4) is 0 Å². The molecule has 0 N–H and O–H groups in total. The van der Waals surface area contributed by atoms with Crippen LogP contribution in [0.5, 0.6) is 0 Å². The molecule has 0 aliphatic heterocycles. The average Bonchev–Trinajstić information content (AvgIpc) is 2.22. The first-order valence-corrected chi connectivity index (χ1v) is 3.13. The first kappa shape index (κ1) is 18.9. The monoisotopic (exact) mass is 350 g/mol. The minimum Gasteiger partial charge on any atom is -0.0851 e. The molecule has 2 bridgehead atoms. The van der Waals surface area contributed by atoms with E-state index in [2.05, 4.69) is 12.2 Å². The molecule has 2 aliphatic carbocycles. The minimum absolute atomic E-state index is 0. The molecule has 2 rings (SSSR count). The van der Waals surface area contributed by atoms with Crippen LogP contribution in [0.2, 0.25) is 0 Å². The summed E-state index contributed by atoms with van der Waals surface area (Å²) in [5.74, 6) is 1.98. The van der Waals surface area contributed by atoms with E-state index >= 15 is 0 Å². The third-order valence-electron chi connectivity index (χ3n) is 2.17. The van der Waals surface area contributed by atoms with Gasteiger partial charge < -0.3 is 0 Å². The van der Waals surface area contributed by atoms with Gasteiger partial charge in [0.05, 0.1) is 0 Å². The first-order chi connectivity index (χ1) is 3.45. The third kappa shape index (κ3) is 4.86. The van der Waals surface area contributed by atoms with Gasteiger partial charge in [-0.15, -0.1) is 0 Å². The summed E-state index contributed by atoms with van der Waals surface area (Å²) in [6.45, 7) is 0. The number of fused-ring (bicyclic) bond motifs is 2. The smallest absolute Gasteiger partial charge is 0 e. The number of rotatable bonds is 0. The summed E-state index contributed by atoms with van der Waals surface area (Å²) < 4.78 is 0. The maximum absolute atomic E-state index is 2.38. The van der Waals surface area contributed by atoms with Crippen LogP contribution in [0.4, 0.5) is 0 Å². The van der Waals surface area contributed by atoms with Gasteiger partial charge in [-0.25, -0.2) is 0 Å². The standard InChI is InChI=1S/C7H10.4Zn/c1-2-7-4-3-6(1)5-7;;;;/h1-2,6-7H,3-5H2;;;;. The van der Waals surface area contributed by atoms with Gasteiger partial charge in [-0.1, -0.05) is 12.2 Å². The van der Waals surface area contributed by atoms with Crippen molar-refractivity contribution in [1.82, 2.24) is 0 Å². The van der Waals surface area contributed by atoms with Crippen LogP contribution >= 0.6 is 0 Å². The van der Waals surface area contributed by atoms with E-state index in [0.717, 1.165) is 11.8 Å². The predicted octanol–water partition coefficient (Wildman–Crippen LogP) is 1.96. The topological polar surface area (TPSA) is 0 Å². The fourth-order valence-electron chi connectivity index (χ4n) is 1.72. The van der Waals surface area contributed by atoms with Crippen molar-refractivity contribution in [3.63, 3.8) is 0 Å². The zero-order chi connectivity index (χ0) is 4.69. The molecule has 2 aliphatic rings. The van der Waals surface area contributed by atoms with Gasteiger partial charge >= 0.3 is 0 Å². The van der Waals surface area contributed by atoms with Crippen LogP contribution in [-0.4, -0.2) is 0 Å².